The third-order valence-electron chi connectivity index (χ3n) is 2.20. The molecule has 0 radical (unpaired) electrons. The smallest absolute Gasteiger partial charge is 0.354 e. The molecule has 1 aromatic heterocycles. The van der Waals surface area contributed by atoms with Crippen LogP contribution in [0, 0.1) is 0 Å². The highest BCUT2D eigenvalue weighted by molar-refractivity contribution is 5.85. The van der Waals surface area contributed by atoms with Gasteiger partial charge in [0, 0.05) is 17.4 Å². The second-order valence-electron chi connectivity index (χ2n) is 3.36. The summed E-state index contributed by atoms with van der Waals surface area (Å²) in [5, 5.41) is 8.71. The monoisotopic (exact) mass is 214 g/mol. The Balaban J connectivity index is 2.38. The number of nitrogens with two attached hydrogens (primary N) is 1. The molecule has 0 aliphatic carbocycles. The van der Waals surface area contributed by atoms with E-state index in [9.17, 15) is 4.79 Å². The fraction of sp³-hybridized carbons (Fsp3) is 0. The molecule has 0 atom stereocenters. The summed E-state index contributed by atoms with van der Waals surface area (Å²) in [5.74, 6) is -1.03. The van der Waals surface area contributed by atoms with E-state index in [1.807, 2.05) is 18.2 Å². The number of pyridine rings is 1. The summed E-state index contributed by atoms with van der Waals surface area (Å²) in [7, 11) is 0. The molecule has 0 bridgehead atoms. The van der Waals surface area contributed by atoms with Gasteiger partial charge in [-0.25, -0.2) is 9.78 Å². The van der Waals surface area contributed by atoms with Crippen molar-refractivity contribution < 1.29 is 9.90 Å². The van der Waals surface area contributed by atoms with Gasteiger partial charge in [-0.2, -0.15) is 0 Å². The summed E-state index contributed by atoms with van der Waals surface area (Å²) in [6, 6.07) is 10.5. The zero-order valence-electron chi connectivity index (χ0n) is 8.42. The third kappa shape index (κ3) is 2.00. The lowest BCUT2D eigenvalue weighted by Crippen LogP contribution is -1.99. The normalized spacial score (nSPS) is 10.0. The molecule has 0 fully saturated rings. The largest absolute Gasteiger partial charge is 0.477 e. The van der Waals surface area contributed by atoms with Crippen molar-refractivity contribution in [2.24, 2.45) is 0 Å². The minimum Gasteiger partial charge on any atom is -0.477 e. The molecule has 0 saturated carbocycles. The summed E-state index contributed by atoms with van der Waals surface area (Å²) >= 11 is 0. The molecule has 1 aromatic carbocycles. The predicted molar refractivity (Wildman–Crippen MR) is 61.0 cm³/mol. The number of aromatic carboxylic acids is 1. The van der Waals surface area contributed by atoms with Crippen molar-refractivity contribution in [1.29, 1.82) is 0 Å². The van der Waals surface area contributed by atoms with Crippen LogP contribution in [0.4, 0.5) is 5.69 Å². The van der Waals surface area contributed by atoms with E-state index in [2.05, 4.69) is 4.98 Å². The number of anilines is 1. The van der Waals surface area contributed by atoms with E-state index in [1.54, 1.807) is 12.1 Å². The van der Waals surface area contributed by atoms with E-state index in [0.29, 0.717) is 5.69 Å². The summed E-state index contributed by atoms with van der Waals surface area (Å²) in [6.45, 7) is 0. The number of nitrogens with zero attached hydrogens (tertiary/aromatic N) is 1. The number of hydrogen-bond acceptors (Lipinski definition) is 3. The fourth-order valence-corrected chi connectivity index (χ4v) is 1.41. The van der Waals surface area contributed by atoms with Crippen LogP contribution < -0.4 is 5.73 Å². The predicted octanol–water partition coefficient (Wildman–Crippen LogP) is 2.03. The van der Waals surface area contributed by atoms with E-state index >= 15 is 0 Å². The molecule has 0 aliphatic heterocycles. The maximum Gasteiger partial charge on any atom is 0.354 e. The molecular formula is C12H10N2O2. The molecule has 1 heterocycles. The number of aromatic nitrogens is 1. The van der Waals surface area contributed by atoms with Gasteiger partial charge in [0.15, 0.2) is 0 Å². The molecule has 4 nitrogen and oxygen atoms in total. The van der Waals surface area contributed by atoms with E-state index in [-0.39, 0.29) is 5.69 Å². The Morgan fingerprint density at radius 1 is 1.19 bits per heavy atom. The van der Waals surface area contributed by atoms with Gasteiger partial charge in [0.1, 0.15) is 5.69 Å². The molecule has 0 unspecified atom stereocenters. The van der Waals surface area contributed by atoms with Crippen molar-refractivity contribution in [2.75, 3.05) is 5.73 Å². The standard InChI is InChI=1S/C12H10N2O2/c13-10-3-1-2-8(6-10)9-4-5-11(12(15)16)14-7-9/h1-7H,13H2,(H,15,16). The topological polar surface area (TPSA) is 76.2 Å². The van der Waals surface area contributed by atoms with Crippen LogP contribution in [0.15, 0.2) is 42.6 Å². The molecule has 80 valence electrons. The van der Waals surface area contributed by atoms with Crippen molar-refractivity contribution in [2.45, 2.75) is 0 Å². The van der Waals surface area contributed by atoms with Gasteiger partial charge in [0.05, 0.1) is 0 Å². The second-order valence-corrected chi connectivity index (χ2v) is 3.36. The van der Waals surface area contributed by atoms with Crippen LogP contribution in [-0.2, 0) is 0 Å². The number of rotatable bonds is 2. The van der Waals surface area contributed by atoms with E-state index in [0.717, 1.165) is 11.1 Å². The second kappa shape index (κ2) is 4.02. The number of hydrogen-bond donors (Lipinski definition) is 2. The molecule has 3 N–H and O–H groups in total. The van der Waals surface area contributed by atoms with Crippen molar-refractivity contribution in [1.82, 2.24) is 4.98 Å². The molecule has 0 aliphatic rings. The third-order valence-corrected chi connectivity index (χ3v) is 2.20. The van der Waals surface area contributed by atoms with Gasteiger partial charge in [-0.1, -0.05) is 18.2 Å². The molecule has 4 heteroatoms. The number of carboxylic acid groups (broad SMARTS) is 1. The quantitative estimate of drug-likeness (QED) is 0.750. The highest BCUT2D eigenvalue weighted by atomic mass is 16.4. The lowest BCUT2D eigenvalue weighted by molar-refractivity contribution is 0.0690. The highest BCUT2D eigenvalue weighted by Crippen LogP contribution is 2.20. The molecular weight excluding hydrogens is 204 g/mol. The SMILES string of the molecule is Nc1cccc(-c2ccc(C(=O)O)nc2)c1. The van der Waals surface area contributed by atoms with Crippen LogP contribution in [0.2, 0.25) is 0 Å². The fourth-order valence-electron chi connectivity index (χ4n) is 1.41. The summed E-state index contributed by atoms with van der Waals surface area (Å²) in [5.41, 5.74) is 8.13. The van der Waals surface area contributed by atoms with Gasteiger partial charge >= 0.3 is 5.97 Å². The van der Waals surface area contributed by atoms with Crippen molar-refractivity contribution in [3.8, 4) is 11.1 Å². The summed E-state index contributed by atoms with van der Waals surface area (Å²) in [6.07, 6.45) is 1.53. The van der Waals surface area contributed by atoms with Gasteiger partial charge in [-0.3, -0.25) is 0 Å². The van der Waals surface area contributed by atoms with Gasteiger partial charge in [-0.15, -0.1) is 0 Å². The summed E-state index contributed by atoms with van der Waals surface area (Å²) in [4.78, 5) is 14.5. The Hall–Kier alpha value is -2.36. The van der Waals surface area contributed by atoms with E-state index < -0.39 is 5.97 Å². The number of nitrogen functional groups attached to an aromatic ring is 1. The first-order valence-corrected chi connectivity index (χ1v) is 4.72. The van der Waals surface area contributed by atoms with Crippen molar-refractivity contribution in [3.63, 3.8) is 0 Å². The number of benzene rings is 1. The highest BCUT2D eigenvalue weighted by Gasteiger charge is 2.04. The number of carboxylic acids is 1. The Kier molecular flexibility index (Phi) is 2.55. The van der Waals surface area contributed by atoms with Crippen LogP contribution >= 0.6 is 0 Å². The average Bonchev–Trinajstić information content (AvgIpc) is 2.29. The van der Waals surface area contributed by atoms with Crippen LogP contribution in [-0.4, -0.2) is 16.1 Å². The zero-order valence-corrected chi connectivity index (χ0v) is 8.42. The molecule has 2 aromatic rings. The lowest BCUT2D eigenvalue weighted by atomic mass is 10.1. The van der Waals surface area contributed by atoms with Crippen molar-refractivity contribution in [3.05, 3.63) is 48.3 Å². The van der Waals surface area contributed by atoms with Crippen molar-refractivity contribution >= 4 is 11.7 Å². The van der Waals surface area contributed by atoms with Crippen LogP contribution in [0.25, 0.3) is 11.1 Å². The maximum absolute atomic E-state index is 10.6. The Morgan fingerprint density at radius 2 is 2.00 bits per heavy atom. The minimum absolute atomic E-state index is 0.0349. The average molecular weight is 214 g/mol. The van der Waals surface area contributed by atoms with Crippen LogP contribution in [0.3, 0.4) is 0 Å². The number of carbonyl (C=O) groups is 1. The molecule has 16 heavy (non-hydrogen) atoms. The van der Waals surface area contributed by atoms with Crippen LogP contribution in [0.1, 0.15) is 10.5 Å². The first-order valence-electron chi connectivity index (χ1n) is 4.72. The Bertz CT molecular complexity index is 521. The van der Waals surface area contributed by atoms with E-state index in [1.165, 1.54) is 12.3 Å². The minimum atomic E-state index is -1.03. The van der Waals surface area contributed by atoms with Gasteiger partial charge < -0.3 is 10.8 Å². The lowest BCUT2D eigenvalue weighted by Gasteiger charge is -2.02. The summed E-state index contributed by atoms with van der Waals surface area (Å²) < 4.78 is 0. The van der Waals surface area contributed by atoms with Crippen LogP contribution in [0.5, 0.6) is 0 Å². The molecule has 0 spiro atoms. The van der Waals surface area contributed by atoms with Gasteiger partial charge in [-0.05, 0) is 23.8 Å². The Labute approximate surface area is 92.4 Å². The van der Waals surface area contributed by atoms with Gasteiger partial charge in [0.25, 0.3) is 0 Å². The molecule has 0 amide bonds. The van der Waals surface area contributed by atoms with E-state index in [4.69, 9.17) is 10.8 Å². The zero-order chi connectivity index (χ0) is 11.5. The molecule has 0 saturated heterocycles. The first-order chi connectivity index (χ1) is 7.66. The Morgan fingerprint density at radius 3 is 2.56 bits per heavy atom. The van der Waals surface area contributed by atoms with Gasteiger partial charge in [0.2, 0.25) is 0 Å². The first kappa shape index (κ1) is 10.2. The maximum atomic E-state index is 10.6. The molecule has 2 rings (SSSR count).